The van der Waals surface area contributed by atoms with Crippen molar-refractivity contribution in [1.29, 1.82) is 0 Å². The predicted molar refractivity (Wildman–Crippen MR) is 101 cm³/mol. The van der Waals surface area contributed by atoms with Gasteiger partial charge in [-0.1, -0.05) is 26.7 Å². The lowest BCUT2D eigenvalue weighted by Crippen LogP contribution is -2.39. The second-order valence-electron chi connectivity index (χ2n) is 7.80. The van der Waals surface area contributed by atoms with E-state index in [2.05, 4.69) is 24.1 Å². The first-order valence-electron chi connectivity index (χ1n) is 10.3. The van der Waals surface area contributed by atoms with Crippen molar-refractivity contribution in [3.05, 3.63) is 17.2 Å². The lowest BCUT2D eigenvalue weighted by Gasteiger charge is -2.30. The van der Waals surface area contributed by atoms with Crippen LogP contribution in [0, 0.1) is 5.92 Å². The highest BCUT2D eigenvalue weighted by Crippen LogP contribution is 2.24. The van der Waals surface area contributed by atoms with E-state index >= 15 is 0 Å². The van der Waals surface area contributed by atoms with Gasteiger partial charge in [-0.25, -0.2) is 4.98 Å². The molecule has 1 aromatic heterocycles. The fraction of sp³-hybridized carbons (Fsp3) is 0.750. The summed E-state index contributed by atoms with van der Waals surface area (Å²) in [6.45, 7) is 7.38. The fourth-order valence-electron chi connectivity index (χ4n) is 4.07. The maximum atomic E-state index is 13.1. The Morgan fingerprint density at radius 3 is 2.81 bits per heavy atom. The van der Waals surface area contributed by atoms with Crippen molar-refractivity contribution in [3.63, 3.8) is 0 Å². The Labute approximate surface area is 156 Å². The first-order chi connectivity index (χ1) is 12.6. The van der Waals surface area contributed by atoms with Gasteiger partial charge in [0.15, 0.2) is 5.82 Å². The molecule has 2 aliphatic rings. The Kier molecular flexibility index (Phi) is 6.33. The SMILES string of the molecule is CCCCCNC(=O)c1nc(C(=O)N2CCCC(C)C2)c2n1CCCC2. The summed E-state index contributed by atoms with van der Waals surface area (Å²) in [7, 11) is 0. The lowest BCUT2D eigenvalue weighted by molar-refractivity contribution is 0.0676. The van der Waals surface area contributed by atoms with Crippen LogP contribution in [-0.2, 0) is 13.0 Å². The van der Waals surface area contributed by atoms with Crippen LogP contribution in [0.4, 0.5) is 0 Å². The molecule has 3 heterocycles. The first-order valence-corrected chi connectivity index (χ1v) is 10.3. The van der Waals surface area contributed by atoms with Crippen molar-refractivity contribution in [2.45, 2.75) is 71.8 Å². The molecule has 0 aromatic carbocycles. The maximum absolute atomic E-state index is 13.1. The monoisotopic (exact) mass is 360 g/mol. The fourth-order valence-corrected chi connectivity index (χ4v) is 4.07. The standard InChI is InChI=1S/C20H32N4O2/c1-3-4-6-11-21-19(25)18-22-17(16-10-5-7-13-24(16)18)20(26)23-12-8-9-15(2)14-23/h15H,3-14H2,1-2H3,(H,21,25). The Balaban J connectivity index is 1.79. The van der Waals surface area contributed by atoms with Gasteiger partial charge >= 0.3 is 0 Å². The van der Waals surface area contributed by atoms with E-state index in [1.165, 1.54) is 6.42 Å². The van der Waals surface area contributed by atoms with Gasteiger partial charge in [-0.15, -0.1) is 0 Å². The Bertz CT molecular complexity index is 652. The van der Waals surface area contributed by atoms with E-state index in [0.717, 1.165) is 70.3 Å². The van der Waals surface area contributed by atoms with E-state index in [1.807, 2.05) is 9.47 Å². The van der Waals surface area contributed by atoms with Crippen LogP contribution >= 0.6 is 0 Å². The minimum absolute atomic E-state index is 0.00670. The van der Waals surface area contributed by atoms with E-state index in [1.54, 1.807) is 0 Å². The molecule has 0 radical (unpaired) electrons. The number of aromatic nitrogens is 2. The summed E-state index contributed by atoms with van der Waals surface area (Å²) >= 11 is 0. The van der Waals surface area contributed by atoms with E-state index in [9.17, 15) is 9.59 Å². The number of rotatable bonds is 6. The van der Waals surface area contributed by atoms with Gasteiger partial charge in [0.2, 0.25) is 0 Å². The Morgan fingerprint density at radius 1 is 1.19 bits per heavy atom. The molecule has 1 saturated heterocycles. The van der Waals surface area contributed by atoms with Crippen LogP contribution in [0.2, 0.25) is 0 Å². The number of nitrogens with zero attached hydrogens (tertiary/aromatic N) is 3. The molecule has 1 aromatic rings. The summed E-state index contributed by atoms with van der Waals surface area (Å²) in [5.41, 5.74) is 1.47. The van der Waals surface area contributed by atoms with Crippen molar-refractivity contribution in [2.75, 3.05) is 19.6 Å². The number of likely N-dealkylation sites (tertiary alicyclic amines) is 1. The number of imidazole rings is 1. The third-order valence-corrected chi connectivity index (χ3v) is 5.53. The van der Waals surface area contributed by atoms with E-state index < -0.39 is 0 Å². The van der Waals surface area contributed by atoms with Gasteiger partial charge in [0.1, 0.15) is 5.69 Å². The van der Waals surface area contributed by atoms with E-state index in [0.29, 0.717) is 24.0 Å². The normalized spacial score (nSPS) is 19.9. The summed E-state index contributed by atoms with van der Waals surface area (Å²) in [6, 6.07) is 0. The molecule has 1 fully saturated rings. The molecule has 0 spiro atoms. The molecule has 144 valence electrons. The van der Waals surface area contributed by atoms with Crippen molar-refractivity contribution in [2.24, 2.45) is 5.92 Å². The first kappa shape index (κ1) is 18.9. The molecule has 1 atom stereocenters. The zero-order chi connectivity index (χ0) is 18.5. The smallest absolute Gasteiger partial charge is 0.287 e. The van der Waals surface area contributed by atoms with Crippen LogP contribution in [0.5, 0.6) is 0 Å². The molecule has 3 rings (SSSR count). The number of fused-ring (bicyclic) bond motifs is 1. The topological polar surface area (TPSA) is 67.2 Å². The summed E-state index contributed by atoms with van der Waals surface area (Å²) in [4.78, 5) is 32.2. The number of carbonyl (C=O) groups excluding carboxylic acids is 2. The highest BCUT2D eigenvalue weighted by atomic mass is 16.2. The minimum Gasteiger partial charge on any atom is -0.349 e. The lowest BCUT2D eigenvalue weighted by atomic mass is 9.99. The molecule has 2 amide bonds. The van der Waals surface area contributed by atoms with Crippen molar-refractivity contribution in [1.82, 2.24) is 19.8 Å². The minimum atomic E-state index is -0.143. The van der Waals surface area contributed by atoms with Gasteiger partial charge in [-0.3, -0.25) is 9.59 Å². The molecule has 0 bridgehead atoms. The Morgan fingerprint density at radius 2 is 2.04 bits per heavy atom. The number of hydrogen-bond acceptors (Lipinski definition) is 3. The van der Waals surface area contributed by atoms with Gasteiger partial charge in [-0.05, 0) is 44.4 Å². The van der Waals surface area contributed by atoms with Crippen LogP contribution in [0.3, 0.4) is 0 Å². The number of hydrogen-bond donors (Lipinski definition) is 1. The number of amides is 2. The molecule has 0 aliphatic carbocycles. The summed E-state index contributed by atoms with van der Waals surface area (Å²) in [5.74, 6) is 0.819. The average Bonchev–Trinajstić information content (AvgIpc) is 3.04. The van der Waals surface area contributed by atoms with Crippen molar-refractivity contribution >= 4 is 11.8 Å². The van der Waals surface area contributed by atoms with E-state index in [4.69, 9.17) is 0 Å². The van der Waals surface area contributed by atoms with Crippen molar-refractivity contribution in [3.8, 4) is 0 Å². The van der Waals surface area contributed by atoms with Gasteiger partial charge in [0, 0.05) is 26.2 Å². The molecule has 6 nitrogen and oxygen atoms in total. The zero-order valence-corrected chi connectivity index (χ0v) is 16.2. The summed E-state index contributed by atoms with van der Waals surface area (Å²) in [6.07, 6.45) is 8.37. The molecule has 2 aliphatic heterocycles. The Hall–Kier alpha value is -1.85. The number of nitrogens with one attached hydrogen (secondary N) is 1. The molecule has 1 unspecified atom stereocenters. The van der Waals surface area contributed by atoms with Crippen LogP contribution in [0.1, 0.15) is 85.6 Å². The molecule has 1 N–H and O–H groups in total. The van der Waals surface area contributed by atoms with Gasteiger partial charge < -0.3 is 14.8 Å². The van der Waals surface area contributed by atoms with Crippen LogP contribution in [0.15, 0.2) is 0 Å². The van der Waals surface area contributed by atoms with Crippen LogP contribution < -0.4 is 5.32 Å². The molecular formula is C20H32N4O2. The molecule has 6 heteroatoms. The molecule has 26 heavy (non-hydrogen) atoms. The summed E-state index contributed by atoms with van der Waals surface area (Å²) < 4.78 is 1.99. The third-order valence-electron chi connectivity index (χ3n) is 5.53. The number of carbonyl (C=O) groups is 2. The number of piperidine rings is 1. The predicted octanol–water partition coefficient (Wildman–Crippen LogP) is 3.01. The maximum Gasteiger partial charge on any atom is 0.287 e. The molecule has 0 saturated carbocycles. The zero-order valence-electron chi connectivity index (χ0n) is 16.2. The largest absolute Gasteiger partial charge is 0.349 e. The summed E-state index contributed by atoms with van der Waals surface area (Å²) in [5, 5.41) is 2.98. The number of unbranched alkanes of at least 4 members (excludes halogenated alkanes) is 2. The van der Waals surface area contributed by atoms with Crippen LogP contribution in [-0.4, -0.2) is 45.9 Å². The second kappa shape index (κ2) is 8.69. The van der Waals surface area contributed by atoms with Crippen LogP contribution in [0.25, 0.3) is 0 Å². The van der Waals surface area contributed by atoms with E-state index in [-0.39, 0.29) is 11.8 Å². The van der Waals surface area contributed by atoms with Gasteiger partial charge in [-0.2, -0.15) is 0 Å². The highest BCUT2D eigenvalue weighted by molar-refractivity contribution is 5.97. The van der Waals surface area contributed by atoms with Crippen molar-refractivity contribution < 1.29 is 9.59 Å². The quantitative estimate of drug-likeness (QED) is 0.793. The second-order valence-corrected chi connectivity index (χ2v) is 7.80. The molecular weight excluding hydrogens is 328 g/mol. The van der Waals surface area contributed by atoms with Gasteiger partial charge in [0.25, 0.3) is 11.8 Å². The third kappa shape index (κ3) is 4.10. The highest BCUT2D eigenvalue weighted by Gasteiger charge is 2.31. The van der Waals surface area contributed by atoms with Gasteiger partial charge in [0.05, 0.1) is 5.69 Å². The average molecular weight is 361 g/mol.